The highest BCUT2D eigenvalue weighted by molar-refractivity contribution is 9.10. The molecule has 2 rings (SSSR count). The van der Waals surface area contributed by atoms with Crippen molar-refractivity contribution in [2.24, 2.45) is 0 Å². The van der Waals surface area contributed by atoms with Crippen LogP contribution in [-0.2, 0) is 0 Å². The summed E-state index contributed by atoms with van der Waals surface area (Å²) in [7, 11) is 0. The van der Waals surface area contributed by atoms with Gasteiger partial charge in [0.25, 0.3) is 5.91 Å². The second-order valence-electron chi connectivity index (χ2n) is 3.22. The molecule has 16 heavy (non-hydrogen) atoms. The Kier molecular flexibility index (Phi) is 3.31. The van der Waals surface area contributed by atoms with Crippen molar-refractivity contribution in [3.05, 3.63) is 39.3 Å². The average molecular weight is 298 g/mol. The van der Waals surface area contributed by atoms with Crippen LogP contribution in [0.15, 0.2) is 28.9 Å². The maximum absolute atomic E-state index is 11.7. The fourth-order valence-electron chi connectivity index (χ4n) is 1.17. The molecule has 0 aliphatic carbocycles. The third-order valence-corrected chi connectivity index (χ3v) is 3.28. The number of nitrogens with zero attached hydrogens (tertiary/aromatic N) is 2. The van der Waals surface area contributed by atoms with Gasteiger partial charge in [0, 0.05) is 4.47 Å². The Labute approximate surface area is 105 Å². The van der Waals surface area contributed by atoms with Crippen molar-refractivity contribution in [1.82, 2.24) is 9.59 Å². The van der Waals surface area contributed by atoms with Crippen LogP contribution in [0.25, 0.3) is 0 Å². The Hall–Kier alpha value is -1.27. The van der Waals surface area contributed by atoms with E-state index in [4.69, 9.17) is 0 Å². The summed E-state index contributed by atoms with van der Waals surface area (Å²) in [6.07, 6.45) is 1.45. The van der Waals surface area contributed by atoms with E-state index < -0.39 is 0 Å². The fourth-order valence-corrected chi connectivity index (χ4v) is 2.18. The summed E-state index contributed by atoms with van der Waals surface area (Å²) >= 11 is 4.47. The number of hydrogen-bond donors (Lipinski definition) is 1. The van der Waals surface area contributed by atoms with Gasteiger partial charge in [-0.25, -0.2) is 0 Å². The van der Waals surface area contributed by atoms with Gasteiger partial charge in [0.05, 0.1) is 11.9 Å². The van der Waals surface area contributed by atoms with E-state index in [1.54, 1.807) is 0 Å². The maximum atomic E-state index is 11.7. The lowest BCUT2D eigenvalue weighted by atomic mass is 10.2. The van der Waals surface area contributed by atoms with Gasteiger partial charge in [-0.15, -0.1) is 5.10 Å². The molecule has 1 aromatic carbocycles. The van der Waals surface area contributed by atoms with Gasteiger partial charge in [-0.05, 0) is 52.1 Å². The first-order valence-corrected chi connectivity index (χ1v) is 6.08. The zero-order valence-corrected chi connectivity index (χ0v) is 10.8. The quantitative estimate of drug-likeness (QED) is 0.927. The third kappa shape index (κ3) is 2.45. The Bertz CT molecular complexity index is 513. The Morgan fingerprint density at radius 1 is 1.50 bits per heavy atom. The van der Waals surface area contributed by atoms with E-state index in [1.165, 1.54) is 6.20 Å². The van der Waals surface area contributed by atoms with Gasteiger partial charge in [-0.2, -0.15) is 0 Å². The number of halogens is 1. The van der Waals surface area contributed by atoms with E-state index in [9.17, 15) is 4.79 Å². The first-order valence-electron chi connectivity index (χ1n) is 4.51. The van der Waals surface area contributed by atoms with Crippen LogP contribution in [0.1, 0.15) is 15.2 Å². The lowest BCUT2D eigenvalue weighted by molar-refractivity contribution is 0.103. The van der Waals surface area contributed by atoms with Crippen LogP contribution in [0.2, 0.25) is 0 Å². The Balaban J connectivity index is 2.18. The number of hydrogen-bond acceptors (Lipinski definition) is 4. The number of aromatic nitrogens is 2. The Morgan fingerprint density at radius 2 is 2.31 bits per heavy atom. The smallest absolute Gasteiger partial charge is 0.269 e. The second kappa shape index (κ2) is 4.71. The molecule has 0 radical (unpaired) electrons. The molecule has 1 amide bonds. The van der Waals surface area contributed by atoms with E-state index in [2.05, 4.69) is 30.8 Å². The lowest BCUT2D eigenvalue weighted by Gasteiger charge is -2.06. The molecule has 2 aromatic rings. The van der Waals surface area contributed by atoms with Crippen LogP contribution in [0.3, 0.4) is 0 Å². The highest BCUT2D eigenvalue weighted by Gasteiger charge is 2.10. The van der Waals surface area contributed by atoms with Crippen LogP contribution in [0, 0.1) is 6.92 Å². The molecule has 0 unspecified atom stereocenters. The van der Waals surface area contributed by atoms with E-state index in [0.29, 0.717) is 4.88 Å². The maximum Gasteiger partial charge on any atom is 0.269 e. The lowest BCUT2D eigenvalue weighted by Crippen LogP contribution is -2.10. The van der Waals surface area contributed by atoms with Gasteiger partial charge in [0.1, 0.15) is 4.88 Å². The standard InChI is InChI=1S/C10H8BrN3OS/c1-6-2-3-8(7(11)4-6)13-10(15)9-5-12-14-16-9/h2-5H,1H3,(H,13,15). The Morgan fingerprint density at radius 3 is 2.94 bits per heavy atom. The van der Waals surface area contributed by atoms with Crippen molar-refractivity contribution in [3.63, 3.8) is 0 Å². The molecule has 6 heteroatoms. The van der Waals surface area contributed by atoms with Crippen LogP contribution >= 0.6 is 27.5 Å². The minimum Gasteiger partial charge on any atom is -0.320 e. The molecule has 0 bridgehead atoms. The van der Waals surface area contributed by atoms with Gasteiger partial charge < -0.3 is 5.32 Å². The summed E-state index contributed by atoms with van der Waals surface area (Å²) in [5.74, 6) is -0.195. The van der Waals surface area contributed by atoms with E-state index >= 15 is 0 Å². The predicted molar refractivity (Wildman–Crippen MR) is 66.7 cm³/mol. The van der Waals surface area contributed by atoms with Crippen molar-refractivity contribution >= 4 is 39.1 Å². The predicted octanol–water partition coefficient (Wildman–Crippen LogP) is 2.86. The van der Waals surface area contributed by atoms with Crippen molar-refractivity contribution in [2.45, 2.75) is 6.92 Å². The van der Waals surface area contributed by atoms with Crippen LogP contribution in [0.5, 0.6) is 0 Å². The average Bonchev–Trinajstić information content (AvgIpc) is 2.75. The molecule has 0 spiro atoms. The highest BCUT2D eigenvalue weighted by Crippen LogP contribution is 2.24. The molecule has 82 valence electrons. The van der Waals surface area contributed by atoms with Crippen LogP contribution < -0.4 is 5.32 Å². The molecule has 1 aromatic heterocycles. The summed E-state index contributed by atoms with van der Waals surface area (Å²) in [6, 6.07) is 5.73. The van der Waals surface area contributed by atoms with Crippen molar-refractivity contribution in [1.29, 1.82) is 0 Å². The number of carbonyl (C=O) groups excluding carboxylic acids is 1. The molecule has 1 heterocycles. The van der Waals surface area contributed by atoms with Crippen molar-refractivity contribution in [3.8, 4) is 0 Å². The van der Waals surface area contributed by atoms with E-state index in [0.717, 1.165) is 27.3 Å². The minimum atomic E-state index is -0.195. The molecule has 0 saturated carbocycles. The number of nitrogens with one attached hydrogen (secondary N) is 1. The summed E-state index contributed by atoms with van der Waals surface area (Å²) in [6.45, 7) is 1.99. The van der Waals surface area contributed by atoms with E-state index in [1.807, 2.05) is 25.1 Å². The van der Waals surface area contributed by atoms with Crippen molar-refractivity contribution in [2.75, 3.05) is 5.32 Å². The second-order valence-corrected chi connectivity index (χ2v) is 4.86. The molecule has 1 N–H and O–H groups in total. The van der Waals surface area contributed by atoms with Gasteiger partial charge in [0.15, 0.2) is 0 Å². The molecule has 0 fully saturated rings. The fraction of sp³-hybridized carbons (Fsp3) is 0.100. The highest BCUT2D eigenvalue weighted by atomic mass is 79.9. The summed E-state index contributed by atoms with van der Waals surface area (Å²) in [5.41, 5.74) is 1.87. The molecule has 0 saturated heterocycles. The number of aryl methyl sites for hydroxylation is 1. The molecule has 0 aliphatic heterocycles. The normalized spacial score (nSPS) is 10.1. The number of anilines is 1. The zero-order valence-electron chi connectivity index (χ0n) is 8.40. The SMILES string of the molecule is Cc1ccc(NC(=O)c2cnns2)c(Br)c1. The largest absolute Gasteiger partial charge is 0.320 e. The summed E-state index contributed by atoms with van der Waals surface area (Å²) < 4.78 is 4.50. The zero-order chi connectivity index (χ0) is 11.5. The first kappa shape index (κ1) is 11.2. The van der Waals surface area contributed by atoms with Gasteiger partial charge in [-0.3, -0.25) is 4.79 Å². The topological polar surface area (TPSA) is 54.9 Å². The third-order valence-electron chi connectivity index (χ3n) is 1.96. The van der Waals surface area contributed by atoms with Crippen molar-refractivity contribution < 1.29 is 4.79 Å². The van der Waals surface area contributed by atoms with Gasteiger partial charge in [-0.1, -0.05) is 10.6 Å². The monoisotopic (exact) mass is 297 g/mol. The summed E-state index contributed by atoms with van der Waals surface area (Å²) in [4.78, 5) is 12.2. The van der Waals surface area contributed by atoms with Gasteiger partial charge >= 0.3 is 0 Å². The van der Waals surface area contributed by atoms with Crippen LogP contribution in [0.4, 0.5) is 5.69 Å². The number of amides is 1. The molecule has 0 aliphatic rings. The molecule has 0 atom stereocenters. The first-order chi connectivity index (χ1) is 7.66. The molecule has 4 nitrogen and oxygen atoms in total. The van der Waals surface area contributed by atoms with Gasteiger partial charge in [0.2, 0.25) is 0 Å². The summed E-state index contributed by atoms with van der Waals surface area (Å²) in [5, 5.41) is 6.40. The number of rotatable bonds is 2. The molecular weight excluding hydrogens is 290 g/mol. The minimum absolute atomic E-state index is 0.195. The number of carbonyl (C=O) groups is 1. The number of benzene rings is 1. The van der Waals surface area contributed by atoms with E-state index in [-0.39, 0.29) is 5.91 Å². The molecular formula is C10H8BrN3OS. The van der Waals surface area contributed by atoms with Crippen LogP contribution in [-0.4, -0.2) is 15.5 Å².